The summed E-state index contributed by atoms with van der Waals surface area (Å²) in [6.07, 6.45) is 3.33. The Morgan fingerprint density at radius 1 is 1.56 bits per heavy atom. The van der Waals surface area contributed by atoms with E-state index in [9.17, 15) is 9.50 Å². The maximum atomic E-state index is 14.0. The Kier molecular flexibility index (Phi) is 3.88. The average molecular weight is 253 g/mol. The van der Waals surface area contributed by atoms with Gasteiger partial charge in [-0.3, -0.25) is 0 Å². The summed E-state index contributed by atoms with van der Waals surface area (Å²) in [5.41, 5.74) is 5.49. The van der Waals surface area contributed by atoms with Crippen molar-refractivity contribution in [3.8, 4) is 5.75 Å². The second-order valence-electron chi connectivity index (χ2n) is 5.19. The number of hydrogen-bond donors (Lipinski definition) is 2. The van der Waals surface area contributed by atoms with Crippen LogP contribution >= 0.6 is 0 Å². The lowest BCUT2D eigenvalue weighted by Gasteiger charge is -2.35. The van der Waals surface area contributed by atoms with E-state index in [1.807, 2.05) is 0 Å². The quantitative estimate of drug-likeness (QED) is 0.866. The standard InChI is InChI=1S/C14H20FNO2/c1-18-12-6-2-4-10(13(12)15)8-14(17)7-3-5-11(16)9-14/h2,4,6,11,17H,3,5,7-9,16H2,1H3. The molecule has 18 heavy (non-hydrogen) atoms. The molecule has 3 N–H and O–H groups in total. The van der Waals surface area contributed by atoms with Gasteiger partial charge in [-0.05, 0) is 37.3 Å². The van der Waals surface area contributed by atoms with Crippen molar-refractivity contribution in [3.05, 3.63) is 29.6 Å². The lowest BCUT2D eigenvalue weighted by molar-refractivity contribution is -0.00263. The molecule has 0 saturated heterocycles. The molecule has 100 valence electrons. The summed E-state index contributed by atoms with van der Waals surface area (Å²) in [6.45, 7) is 0. The van der Waals surface area contributed by atoms with Gasteiger partial charge in [-0.15, -0.1) is 0 Å². The normalized spacial score (nSPS) is 28.1. The van der Waals surface area contributed by atoms with Crippen molar-refractivity contribution >= 4 is 0 Å². The summed E-state index contributed by atoms with van der Waals surface area (Å²) < 4.78 is 19.0. The van der Waals surface area contributed by atoms with Gasteiger partial charge in [0, 0.05) is 12.5 Å². The molecule has 2 unspecified atom stereocenters. The van der Waals surface area contributed by atoms with Crippen LogP contribution < -0.4 is 10.5 Å². The number of rotatable bonds is 3. The van der Waals surface area contributed by atoms with Crippen LogP contribution in [0.25, 0.3) is 0 Å². The summed E-state index contributed by atoms with van der Waals surface area (Å²) in [4.78, 5) is 0. The van der Waals surface area contributed by atoms with E-state index in [2.05, 4.69) is 0 Å². The molecule has 1 fully saturated rings. The van der Waals surface area contributed by atoms with Crippen molar-refractivity contribution < 1.29 is 14.2 Å². The van der Waals surface area contributed by atoms with Crippen molar-refractivity contribution in [2.45, 2.75) is 43.7 Å². The van der Waals surface area contributed by atoms with Crippen LogP contribution in [-0.2, 0) is 6.42 Å². The first kappa shape index (κ1) is 13.3. The monoisotopic (exact) mass is 253 g/mol. The van der Waals surface area contributed by atoms with Crippen LogP contribution in [0.15, 0.2) is 18.2 Å². The molecule has 0 aliphatic heterocycles. The number of aliphatic hydroxyl groups is 1. The molecule has 3 nitrogen and oxygen atoms in total. The van der Waals surface area contributed by atoms with Gasteiger partial charge in [-0.1, -0.05) is 12.1 Å². The minimum atomic E-state index is -0.884. The zero-order valence-corrected chi connectivity index (χ0v) is 10.7. The largest absolute Gasteiger partial charge is 0.494 e. The summed E-state index contributed by atoms with van der Waals surface area (Å²) in [7, 11) is 1.44. The lowest BCUT2D eigenvalue weighted by Crippen LogP contribution is -2.42. The van der Waals surface area contributed by atoms with Gasteiger partial charge in [0.05, 0.1) is 12.7 Å². The van der Waals surface area contributed by atoms with Crippen LogP contribution in [-0.4, -0.2) is 23.9 Å². The van der Waals surface area contributed by atoms with Gasteiger partial charge in [0.25, 0.3) is 0 Å². The summed E-state index contributed by atoms with van der Waals surface area (Å²) in [5, 5.41) is 10.5. The first-order valence-electron chi connectivity index (χ1n) is 6.33. The Bertz CT molecular complexity index is 424. The Balaban J connectivity index is 2.18. The van der Waals surface area contributed by atoms with E-state index in [4.69, 9.17) is 10.5 Å². The SMILES string of the molecule is COc1cccc(CC2(O)CCCC(N)C2)c1F. The molecule has 1 saturated carbocycles. The van der Waals surface area contributed by atoms with Crippen LogP contribution in [0.4, 0.5) is 4.39 Å². The van der Waals surface area contributed by atoms with Crippen molar-refractivity contribution in [2.24, 2.45) is 5.73 Å². The fourth-order valence-electron chi connectivity index (χ4n) is 2.75. The highest BCUT2D eigenvalue weighted by atomic mass is 19.1. The fourth-order valence-corrected chi connectivity index (χ4v) is 2.75. The molecule has 2 rings (SSSR count). The molecule has 4 heteroatoms. The van der Waals surface area contributed by atoms with Gasteiger partial charge in [-0.25, -0.2) is 4.39 Å². The molecule has 1 aromatic rings. The minimum absolute atomic E-state index is 0.0115. The predicted octanol–water partition coefficient (Wildman–Crippen LogP) is 2.01. The maximum absolute atomic E-state index is 14.0. The molecular formula is C14H20FNO2. The number of methoxy groups -OCH3 is 1. The first-order valence-corrected chi connectivity index (χ1v) is 6.33. The maximum Gasteiger partial charge on any atom is 0.168 e. The van der Waals surface area contributed by atoms with Crippen LogP contribution in [0.5, 0.6) is 5.75 Å². The Morgan fingerprint density at radius 3 is 3.00 bits per heavy atom. The third-order valence-corrected chi connectivity index (χ3v) is 3.64. The second kappa shape index (κ2) is 5.24. The van der Waals surface area contributed by atoms with Gasteiger partial charge in [0.15, 0.2) is 11.6 Å². The van der Waals surface area contributed by atoms with E-state index in [0.717, 1.165) is 12.8 Å². The number of benzene rings is 1. The zero-order valence-electron chi connectivity index (χ0n) is 10.7. The third kappa shape index (κ3) is 2.82. The third-order valence-electron chi connectivity index (χ3n) is 3.64. The molecular weight excluding hydrogens is 233 g/mol. The molecule has 2 atom stereocenters. The van der Waals surface area contributed by atoms with Crippen LogP contribution in [0.2, 0.25) is 0 Å². The highest BCUT2D eigenvalue weighted by molar-refractivity contribution is 5.32. The zero-order chi connectivity index (χ0) is 13.2. The van der Waals surface area contributed by atoms with E-state index in [0.29, 0.717) is 24.8 Å². The molecule has 0 bridgehead atoms. The number of ether oxygens (including phenoxy) is 1. The van der Waals surface area contributed by atoms with Crippen molar-refractivity contribution in [1.82, 2.24) is 0 Å². The van der Waals surface area contributed by atoms with Gasteiger partial charge >= 0.3 is 0 Å². The number of halogens is 1. The van der Waals surface area contributed by atoms with Gasteiger partial charge in [0.1, 0.15) is 0 Å². The van der Waals surface area contributed by atoms with Gasteiger partial charge in [0.2, 0.25) is 0 Å². The minimum Gasteiger partial charge on any atom is -0.494 e. The Labute approximate surface area is 107 Å². The van der Waals surface area contributed by atoms with E-state index in [1.165, 1.54) is 7.11 Å². The number of nitrogens with two attached hydrogens (primary N) is 1. The van der Waals surface area contributed by atoms with Crippen LogP contribution in [0.1, 0.15) is 31.2 Å². The van der Waals surface area contributed by atoms with Crippen LogP contribution in [0, 0.1) is 5.82 Å². The van der Waals surface area contributed by atoms with E-state index in [1.54, 1.807) is 18.2 Å². The van der Waals surface area contributed by atoms with E-state index in [-0.39, 0.29) is 17.6 Å². The smallest absolute Gasteiger partial charge is 0.168 e. The highest BCUT2D eigenvalue weighted by Crippen LogP contribution is 2.32. The van der Waals surface area contributed by atoms with Crippen LogP contribution in [0.3, 0.4) is 0 Å². The molecule has 1 aliphatic carbocycles. The lowest BCUT2D eigenvalue weighted by atomic mass is 9.78. The van der Waals surface area contributed by atoms with Gasteiger partial charge < -0.3 is 15.6 Å². The number of hydrogen-bond acceptors (Lipinski definition) is 3. The summed E-state index contributed by atoms with van der Waals surface area (Å²) in [5.74, 6) is -0.163. The first-order chi connectivity index (χ1) is 8.54. The Morgan fingerprint density at radius 2 is 2.33 bits per heavy atom. The van der Waals surface area contributed by atoms with E-state index >= 15 is 0 Å². The van der Waals surface area contributed by atoms with Crippen molar-refractivity contribution in [1.29, 1.82) is 0 Å². The van der Waals surface area contributed by atoms with Gasteiger partial charge in [-0.2, -0.15) is 0 Å². The molecule has 0 amide bonds. The van der Waals surface area contributed by atoms with Crippen molar-refractivity contribution in [2.75, 3.05) is 7.11 Å². The predicted molar refractivity (Wildman–Crippen MR) is 68.0 cm³/mol. The second-order valence-corrected chi connectivity index (χ2v) is 5.19. The molecule has 0 radical (unpaired) electrons. The molecule has 0 heterocycles. The topological polar surface area (TPSA) is 55.5 Å². The summed E-state index contributed by atoms with van der Waals surface area (Å²) in [6, 6.07) is 5.02. The molecule has 1 aromatic carbocycles. The molecule has 0 aromatic heterocycles. The molecule has 1 aliphatic rings. The average Bonchev–Trinajstić information content (AvgIpc) is 2.31. The highest BCUT2D eigenvalue weighted by Gasteiger charge is 2.34. The fraction of sp³-hybridized carbons (Fsp3) is 0.571. The Hall–Kier alpha value is -1.13. The van der Waals surface area contributed by atoms with Crippen molar-refractivity contribution in [3.63, 3.8) is 0 Å². The summed E-state index contributed by atoms with van der Waals surface area (Å²) >= 11 is 0. The van der Waals surface area contributed by atoms with E-state index < -0.39 is 5.60 Å². The molecule has 0 spiro atoms.